The van der Waals surface area contributed by atoms with Gasteiger partial charge in [0.05, 0.1) is 24.2 Å². The third-order valence-corrected chi connectivity index (χ3v) is 8.00. The number of hydrogen-bond acceptors (Lipinski definition) is 6. The molecule has 0 bridgehead atoms. The molecule has 9 heteroatoms. The number of carbonyl (C=O) groups is 1. The molecule has 1 fully saturated rings. The van der Waals surface area contributed by atoms with Crippen molar-refractivity contribution in [3.63, 3.8) is 0 Å². The van der Waals surface area contributed by atoms with E-state index < -0.39 is 10.0 Å². The molecule has 0 unspecified atom stereocenters. The molecule has 0 aliphatic carbocycles. The summed E-state index contributed by atoms with van der Waals surface area (Å²) in [4.78, 5) is 15.4. The van der Waals surface area contributed by atoms with E-state index in [1.54, 1.807) is 32.9 Å². The highest BCUT2D eigenvalue weighted by Gasteiger charge is 2.27. The fraction of sp³-hybridized carbons (Fsp3) is 0.522. The third kappa shape index (κ3) is 5.40. The number of hydrogen-bond donors (Lipinski definition) is 1. The van der Waals surface area contributed by atoms with Gasteiger partial charge in [-0.2, -0.15) is 4.31 Å². The molecule has 1 aliphatic heterocycles. The van der Waals surface area contributed by atoms with E-state index in [0.29, 0.717) is 44.0 Å². The van der Waals surface area contributed by atoms with E-state index in [-0.39, 0.29) is 16.8 Å². The average molecular weight is 464 g/mol. The largest absolute Gasteiger partial charge is 0.465 e. The number of aryl methyl sites for hydroxylation is 2. The van der Waals surface area contributed by atoms with Crippen LogP contribution in [-0.2, 0) is 14.8 Å². The van der Waals surface area contributed by atoms with Crippen LogP contribution in [0.25, 0.3) is 0 Å². The molecule has 1 aliphatic rings. The lowest BCUT2D eigenvalue weighted by atomic mass is 10.1. The minimum atomic E-state index is -3.66. The highest BCUT2D eigenvalue weighted by atomic mass is 32.2. The quantitative estimate of drug-likeness (QED) is 0.615. The zero-order valence-electron chi connectivity index (χ0n) is 19.3. The molecule has 1 aromatic carbocycles. The summed E-state index contributed by atoms with van der Waals surface area (Å²) < 4.78 is 38.7. The smallest absolute Gasteiger partial charge is 0.251 e. The van der Waals surface area contributed by atoms with Crippen LogP contribution in [0.15, 0.2) is 39.6 Å². The lowest BCUT2D eigenvalue weighted by Gasteiger charge is -2.33. The van der Waals surface area contributed by atoms with Crippen LogP contribution in [0.1, 0.15) is 47.3 Å². The van der Waals surface area contributed by atoms with E-state index in [1.165, 1.54) is 10.4 Å². The molecule has 0 radical (unpaired) electrons. The Balaban J connectivity index is 1.80. The average Bonchev–Trinajstić information content (AvgIpc) is 3.21. The number of carbonyl (C=O) groups excluding carboxylic acids is 1. The predicted molar refractivity (Wildman–Crippen MR) is 122 cm³/mol. The van der Waals surface area contributed by atoms with Crippen LogP contribution in [0.2, 0.25) is 0 Å². The van der Waals surface area contributed by atoms with Gasteiger partial charge in [0.25, 0.3) is 5.91 Å². The predicted octanol–water partition coefficient (Wildman–Crippen LogP) is 2.73. The van der Waals surface area contributed by atoms with Gasteiger partial charge in [-0.15, -0.1) is 0 Å². The van der Waals surface area contributed by atoms with E-state index >= 15 is 0 Å². The molecule has 1 atom stereocenters. The monoisotopic (exact) mass is 463 g/mol. The number of furan rings is 1. The number of sulfonamides is 1. The van der Waals surface area contributed by atoms with Crippen molar-refractivity contribution in [1.82, 2.24) is 14.5 Å². The van der Waals surface area contributed by atoms with Crippen molar-refractivity contribution >= 4 is 15.9 Å². The minimum Gasteiger partial charge on any atom is -0.465 e. The molecule has 1 N–H and O–H groups in total. The molecule has 0 saturated carbocycles. The van der Waals surface area contributed by atoms with Gasteiger partial charge in [0.1, 0.15) is 11.5 Å². The van der Waals surface area contributed by atoms with Crippen molar-refractivity contribution in [3.05, 3.63) is 53.0 Å². The molecule has 2 heterocycles. The van der Waals surface area contributed by atoms with Gasteiger partial charge in [0.15, 0.2) is 0 Å². The Hall–Kier alpha value is -2.20. The van der Waals surface area contributed by atoms with Gasteiger partial charge < -0.3 is 14.5 Å². The molecular weight excluding hydrogens is 430 g/mol. The lowest BCUT2D eigenvalue weighted by Crippen LogP contribution is -2.43. The van der Waals surface area contributed by atoms with Crippen LogP contribution >= 0.6 is 0 Å². The Morgan fingerprint density at radius 1 is 1.12 bits per heavy atom. The van der Waals surface area contributed by atoms with E-state index in [0.717, 1.165) is 24.6 Å². The zero-order valence-corrected chi connectivity index (χ0v) is 20.1. The van der Waals surface area contributed by atoms with Crippen molar-refractivity contribution in [2.24, 2.45) is 0 Å². The number of nitrogens with zero attached hydrogens (tertiary/aromatic N) is 2. The molecule has 0 spiro atoms. The maximum absolute atomic E-state index is 13.0. The SMILES string of the molecule is CCN(CC)S(=O)(=O)c1cc(C(=O)NC[C@H](c2ccc(C)o2)N2CCOCC2)ccc1C. The van der Waals surface area contributed by atoms with Gasteiger partial charge in [-0.3, -0.25) is 9.69 Å². The second-order valence-electron chi connectivity index (χ2n) is 7.89. The van der Waals surface area contributed by atoms with Crippen LogP contribution in [0, 0.1) is 13.8 Å². The fourth-order valence-corrected chi connectivity index (χ4v) is 5.65. The third-order valence-electron chi connectivity index (χ3n) is 5.81. The Kier molecular flexibility index (Phi) is 8.10. The number of ether oxygens (including phenoxy) is 1. The molecule has 2 aromatic rings. The van der Waals surface area contributed by atoms with Gasteiger partial charge in [-0.05, 0) is 43.7 Å². The first kappa shape index (κ1) is 24.4. The maximum Gasteiger partial charge on any atom is 0.251 e. The summed E-state index contributed by atoms with van der Waals surface area (Å²) in [7, 11) is -3.66. The zero-order chi connectivity index (χ0) is 23.3. The summed E-state index contributed by atoms with van der Waals surface area (Å²) in [6, 6.07) is 8.53. The molecule has 32 heavy (non-hydrogen) atoms. The highest BCUT2D eigenvalue weighted by molar-refractivity contribution is 7.89. The minimum absolute atomic E-state index is 0.124. The Bertz CT molecular complexity index is 1020. The number of morpholine rings is 1. The summed E-state index contributed by atoms with van der Waals surface area (Å²) >= 11 is 0. The van der Waals surface area contributed by atoms with Crippen molar-refractivity contribution in [2.75, 3.05) is 45.9 Å². The van der Waals surface area contributed by atoms with Crippen molar-refractivity contribution < 1.29 is 22.4 Å². The van der Waals surface area contributed by atoms with Crippen LogP contribution in [0.3, 0.4) is 0 Å². The molecule has 1 amide bonds. The molecule has 8 nitrogen and oxygen atoms in total. The molecular formula is C23H33N3O5S. The van der Waals surface area contributed by atoms with Gasteiger partial charge in [0.2, 0.25) is 10.0 Å². The Morgan fingerprint density at radius 2 is 1.81 bits per heavy atom. The van der Waals surface area contributed by atoms with Crippen LogP contribution in [0.4, 0.5) is 0 Å². The molecule has 1 saturated heterocycles. The Morgan fingerprint density at radius 3 is 2.41 bits per heavy atom. The maximum atomic E-state index is 13.0. The first-order valence-electron chi connectivity index (χ1n) is 11.0. The fourth-order valence-electron chi connectivity index (χ4n) is 3.94. The topological polar surface area (TPSA) is 92.1 Å². The van der Waals surface area contributed by atoms with E-state index in [2.05, 4.69) is 10.2 Å². The number of nitrogens with one attached hydrogen (secondary N) is 1. The van der Waals surface area contributed by atoms with Crippen molar-refractivity contribution in [3.8, 4) is 0 Å². The van der Waals surface area contributed by atoms with Gasteiger partial charge in [0, 0.05) is 38.3 Å². The van der Waals surface area contributed by atoms with Gasteiger partial charge in [-0.1, -0.05) is 19.9 Å². The highest BCUT2D eigenvalue weighted by Crippen LogP contribution is 2.24. The van der Waals surface area contributed by atoms with Crippen LogP contribution in [0.5, 0.6) is 0 Å². The summed E-state index contributed by atoms with van der Waals surface area (Å²) in [6.45, 7) is 11.1. The van der Waals surface area contributed by atoms with E-state index in [9.17, 15) is 13.2 Å². The van der Waals surface area contributed by atoms with Crippen LogP contribution in [-0.4, -0.2) is 69.5 Å². The number of amides is 1. The number of benzene rings is 1. The second kappa shape index (κ2) is 10.6. The summed E-state index contributed by atoms with van der Waals surface area (Å²) in [5.74, 6) is 1.29. The second-order valence-corrected chi connectivity index (χ2v) is 9.80. The lowest BCUT2D eigenvalue weighted by molar-refractivity contribution is 0.0117. The van der Waals surface area contributed by atoms with Crippen LogP contribution < -0.4 is 5.32 Å². The molecule has 176 valence electrons. The Labute approximate surface area is 190 Å². The van der Waals surface area contributed by atoms with E-state index in [4.69, 9.17) is 9.15 Å². The first-order chi connectivity index (χ1) is 15.3. The standard InChI is InChI=1S/C23H33N3O5S/c1-5-26(6-2)32(28,29)22-15-19(9-7-17(22)3)23(27)24-16-20(21-10-8-18(4)31-21)25-11-13-30-14-12-25/h7-10,15,20H,5-6,11-14,16H2,1-4H3,(H,24,27)/t20-/m1/s1. The molecule has 3 rings (SSSR count). The summed E-state index contributed by atoms with van der Waals surface area (Å²) in [5, 5.41) is 2.97. The first-order valence-corrected chi connectivity index (χ1v) is 12.5. The number of rotatable bonds is 9. The van der Waals surface area contributed by atoms with Crippen molar-refractivity contribution in [2.45, 2.75) is 38.6 Å². The normalized spacial score (nSPS) is 16.3. The van der Waals surface area contributed by atoms with Gasteiger partial charge >= 0.3 is 0 Å². The van der Waals surface area contributed by atoms with E-state index in [1.807, 2.05) is 19.1 Å². The molecule has 1 aromatic heterocycles. The summed E-state index contributed by atoms with van der Waals surface area (Å²) in [6.07, 6.45) is 0. The van der Waals surface area contributed by atoms with Gasteiger partial charge in [-0.25, -0.2) is 8.42 Å². The van der Waals surface area contributed by atoms with Crippen molar-refractivity contribution in [1.29, 1.82) is 0 Å². The summed E-state index contributed by atoms with van der Waals surface area (Å²) in [5.41, 5.74) is 0.934.